The fourth-order valence-corrected chi connectivity index (χ4v) is 6.59. The summed E-state index contributed by atoms with van der Waals surface area (Å²) in [6, 6.07) is 5.07. The van der Waals surface area contributed by atoms with Crippen molar-refractivity contribution >= 4 is 24.0 Å². The van der Waals surface area contributed by atoms with Crippen molar-refractivity contribution in [3.05, 3.63) is 34.4 Å². The number of sulfonamides is 1. The number of non-ortho nitro benzene ring substituents is 1. The predicted octanol–water partition coefficient (Wildman–Crippen LogP) is 3.52. The molecule has 0 bridgehead atoms. The third kappa shape index (κ3) is 3.33. The van der Waals surface area contributed by atoms with Gasteiger partial charge in [-0.3, -0.25) is 10.1 Å². The summed E-state index contributed by atoms with van der Waals surface area (Å²) in [5, 5.41) is 10.9. The molecule has 1 aliphatic carbocycles. The van der Waals surface area contributed by atoms with Crippen LogP contribution in [0, 0.1) is 10.1 Å². The molecule has 1 aromatic rings. The van der Waals surface area contributed by atoms with Gasteiger partial charge >= 0.3 is 0 Å². The molecule has 0 amide bonds. The fourth-order valence-electron chi connectivity index (χ4n) is 3.37. The van der Waals surface area contributed by atoms with Gasteiger partial charge in [-0.05, 0) is 43.1 Å². The second kappa shape index (κ2) is 6.12. The Kier molecular flexibility index (Phi) is 4.58. The molecule has 1 saturated carbocycles. The standard InChI is InChI=1S/C17H26N2O5SSi/c1-17(2,3)26(4,5)24-13-10-15-16(11-13)18(15)25(22,23)14-8-6-12(7-9-14)19(20)21/h6-9,13,15-16H,10-11H2,1-5H3/t13?,15-,16+,18?. The van der Waals surface area contributed by atoms with E-state index in [4.69, 9.17) is 4.43 Å². The Morgan fingerprint density at radius 1 is 1.15 bits per heavy atom. The smallest absolute Gasteiger partial charge is 0.269 e. The van der Waals surface area contributed by atoms with Gasteiger partial charge in [-0.2, -0.15) is 4.31 Å². The molecular formula is C17H26N2O5SSi. The van der Waals surface area contributed by atoms with E-state index < -0.39 is 23.3 Å². The van der Waals surface area contributed by atoms with E-state index in [2.05, 4.69) is 33.9 Å². The molecule has 0 radical (unpaired) electrons. The number of benzene rings is 1. The van der Waals surface area contributed by atoms with Crippen LogP contribution in [0.3, 0.4) is 0 Å². The molecule has 1 aromatic carbocycles. The summed E-state index contributed by atoms with van der Waals surface area (Å²) in [6.07, 6.45) is 1.57. The van der Waals surface area contributed by atoms with Crippen molar-refractivity contribution in [2.45, 2.75) is 74.8 Å². The van der Waals surface area contributed by atoms with E-state index in [9.17, 15) is 18.5 Å². The Bertz CT molecular complexity index is 805. The predicted molar refractivity (Wildman–Crippen MR) is 101 cm³/mol. The lowest BCUT2D eigenvalue weighted by Crippen LogP contribution is -2.44. The Balaban J connectivity index is 1.66. The minimum Gasteiger partial charge on any atom is -0.414 e. The van der Waals surface area contributed by atoms with Crippen molar-refractivity contribution in [2.75, 3.05) is 0 Å². The second-order valence-corrected chi connectivity index (χ2v) is 15.3. The molecule has 2 aliphatic rings. The number of fused-ring (bicyclic) bond motifs is 1. The molecule has 1 saturated heterocycles. The van der Waals surface area contributed by atoms with Crippen molar-refractivity contribution in [2.24, 2.45) is 0 Å². The Morgan fingerprint density at radius 2 is 1.65 bits per heavy atom. The number of nitro benzene ring substituents is 1. The van der Waals surface area contributed by atoms with Crippen molar-refractivity contribution in [1.29, 1.82) is 0 Å². The van der Waals surface area contributed by atoms with E-state index in [0.29, 0.717) is 0 Å². The highest BCUT2D eigenvalue weighted by Crippen LogP contribution is 2.49. The number of rotatable bonds is 5. The van der Waals surface area contributed by atoms with Crippen LogP contribution in [0.1, 0.15) is 33.6 Å². The normalized spacial score (nSPS) is 28.7. The molecule has 9 heteroatoms. The summed E-state index contributed by atoms with van der Waals surface area (Å²) in [5.41, 5.74) is -0.113. The first kappa shape index (κ1) is 19.5. The number of hydrogen-bond acceptors (Lipinski definition) is 5. The molecule has 1 heterocycles. The zero-order valence-electron chi connectivity index (χ0n) is 15.8. The molecule has 144 valence electrons. The summed E-state index contributed by atoms with van der Waals surface area (Å²) >= 11 is 0. The van der Waals surface area contributed by atoms with Crippen LogP contribution < -0.4 is 0 Å². The van der Waals surface area contributed by atoms with Crippen LogP contribution in [0.2, 0.25) is 18.1 Å². The van der Waals surface area contributed by atoms with Crippen molar-refractivity contribution < 1.29 is 17.8 Å². The van der Waals surface area contributed by atoms with E-state index >= 15 is 0 Å². The lowest BCUT2D eigenvalue weighted by molar-refractivity contribution is -0.384. The number of nitro groups is 1. The van der Waals surface area contributed by atoms with E-state index in [1.54, 1.807) is 0 Å². The maximum Gasteiger partial charge on any atom is 0.269 e. The van der Waals surface area contributed by atoms with Crippen LogP contribution in [0.15, 0.2) is 29.2 Å². The summed E-state index contributed by atoms with van der Waals surface area (Å²) < 4.78 is 33.5. The lowest BCUT2D eigenvalue weighted by atomic mass is 10.2. The quantitative estimate of drug-likeness (QED) is 0.328. The molecular weight excluding hydrogens is 372 g/mol. The molecule has 4 atom stereocenters. The molecule has 26 heavy (non-hydrogen) atoms. The van der Waals surface area contributed by atoms with Gasteiger partial charge in [0.2, 0.25) is 10.0 Å². The van der Waals surface area contributed by atoms with Crippen molar-refractivity contribution in [1.82, 2.24) is 4.31 Å². The van der Waals surface area contributed by atoms with E-state index in [0.717, 1.165) is 12.8 Å². The zero-order valence-corrected chi connectivity index (χ0v) is 17.6. The maximum atomic E-state index is 12.8. The summed E-state index contributed by atoms with van der Waals surface area (Å²) in [4.78, 5) is 10.3. The SMILES string of the molecule is CC(C)(C)[Si](C)(C)OC1C[C@@H]2[C@H](C1)N2S(=O)(=O)c1ccc([N+](=O)[O-])cc1. The van der Waals surface area contributed by atoms with E-state index in [-0.39, 0.29) is 33.8 Å². The van der Waals surface area contributed by atoms with Crippen molar-refractivity contribution in [3.63, 3.8) is 0 Å². The second-order valence-electron chi connectivity index (χ2n) is 8.69. The Morgan fingerprint density at radius 3 is 2.08 bits per heavy atom. The monoisotopic (exact) mass is 398 g/mol. The van der Waals surface area contributed by atoms with Gasteiger partial charge in [-0.1, -0.05) is 20.8 Å². The molecule has 0 spiro atoms. The van der Waals surface area contributed by atoms with Gasteiger partial charge in [0.1, 0.15) is 0 Å². The number of nitrogens with zero attached hydrogens (tertiary/aromatic N) is 2. The highest BCUT2D eigenvalue weighted by atomic mass is 32.2. The van der Waals surface area contributed by atoms with Gasteiger partial charge in [0.15, 0.2) is 8.32 Å². The van der Waals surface area contributed by atoms with Crippen LogP contribution in [0.25, 0.3) is 0 Å². The van der Waals surface area contributed by atoms with E-state index in [1.807, 2.05) is 0 Å². The first-order valence-corrected chi connectivity index (χ1v) is 13.2. The summed E-state index contributed by atoms with van der Waals surface area (Å²) in [7, 11) is -5.46. The average molecular weight is 399 g/mol. The van der Waals surface area contributed by atoms with Gasteiger partial charge in [0, 0.05) is 30.3 Å². The molecule has 1 aliphatic heterocycles. The maximum absolute atomic E-state index is 12.8. The molecule has 0 N–H and O–H groups in total. The van der Waals surface area contributed by atoms with Gasteiger partial charge < -0.3 is 4.43 Å². The molecule has 2 unspecified atom stereocenters. The van der Waals surface area contributed by atoms with Gasteiger partial charge in [-0.25, -0.2) is 8.42 Å². The first-order chi connectivity index (χ1) is 11.8. The Labute approximate surface area is 155 Å². The minimum atomic E-state index is -3.60. The molecule has 3 rings (SSSR count). The summed E-state index contributed by atoms with van der Waals surface area (Å²) in [5.74, 6) is 0. The van der Waals surface area contributed by atoms with Crippen LogP contribution >= 0.6 is 0 Å². The number of piperidine rings is 1. The van der Waals surface area contributed by atoms with Crippen LogP contribution in [0.4, 0.5) is 5.69 Å². The topological polar surface area (TPSA) is 89.5 Å². The zero-order chi connectivity index (χ0) is 19.5. The highest BCUT2D eigenvalue weighted by molar-refractivity contribution is 7.89. The number of hydrogen-bond donors (Lipinski definition) is 0. The minimum absolute atomic E-state index is 0.00930. The van der Waals surface area contributed by atoms with Crippen LogP contribution in [-0.2, 0) is 14.4 Å². The highest BCUT2D eigenvalue weighted by Gasteiger charge is 2.61. The molecule has 2 fully saturated rings. The van der Waals surface area contributed by atoms with Crippen LogP contribution in [0.5, 0.6) is 0 Å². The van der Waals surface area contributed by atoms with Gasteiger partial charge in [0.05, 0.1) is 9.82 Å². The first-order valence-electron chi connectivity index (χ1n) is 8.80. The third-order valence-electron chi connectivity index (χ3n) is 5.91. The fraction of sp³-hybridized carbons (Fsp3) is 0.647. The van der Waals surface area contributed by atoms with Crippen LogP contribution in [-0.4, -0.2) is 44.2 Å². The van der Waals surface area contributed by atoms with Gasteiger partial charge in [0.25, 0.3) is 5.69 Å². The molecule has 7 nitrogen and oxygen atoms in total. The molecule has 0 aromatic heterocycles. The average Bonchev–Trinajstić information content (AvgIpc) is 3.04. The third-order valence-corrected chi connectivity index (χ3v) is 12.4. The Hall–Kier alpha value is -1.29. The largest absolute Gasteiger partial charge is 0.414 e. The lowest BCUT2D eigenvalue weighted by Gasteiger charge is -2.39. The van der Waals surface area contributed by atoms with Gasteiger partial charge in [-0.15, -0.1) is 0 Å². The van der Waals surface area contributed by atoms with Crippen molar-refractivity contribution in [3.8, 4) is 0 Å². The van der Waals surface area contributed by atoms with E-state index in [1.165, 1.54) is 28.6 Å². The summed E-state index contributed by atoms with van der Waals surface area (Å²) in [6.45, 7) is 11.0.